The maximum absolute atomic E-state index is 12.5. The summed E-state index contributed by atoms with van der Waals surface area (Å²) < 4.78 is 11.4. The van der Waals surface area contributed by atoms with Crippen molar-refractivity contribution >= 4 is 40.0 Å². The maximum atomic E-state index is 12.5. The van der Waals surface area contributed by atoms with Crippen molar-refractivity contribution in [3.05, 3.63) is 71.8 Å². The molecule has 1 aromatic heterocycles. The van der Waals surface area contributed by atoms with Crippen molar-refractivity contribution in [2.45, 2.75) is 33.3 Å². The molecule has 7 nitrogen and oxygen atoms in total. The number of anilines is 1. The van der Waals surface area contributed by atoms with E-state index in [1.165, 1.54) is 6.07 Å². The Morgan fingerprint density at radius 2 is 1.88 bits per heavy atom. The SMILES string of the molecule is CCc1ccc2oc(-c3cc(NC(=S)NC(=O)c4ccc(OC(C)C)cc4)ccc3O)nc2c1. The number of aromatic nitrogens is 1. The lowest BCUT2D eigenvalue weighted by Gasteiger charge is -2.12. The summed E-state index contributed by atoms with van der Waals surface area (Å²) >= 11 is 5.30. The monoisotopic (exact) mass is 475 g/mol. The zero-order valence-corrected chi connectivity index (χ0v) is 19.9. The Hall–Kier alpha value is -3.91. The predicted octanol–water partition coefficient (Wildman–Crippen LogP) is 5.68. The molecule has 0 aliphatic rings. The average molecular weight is 476 g/mol. The van der Waals surface area contributed by atoms with Crippen molar-refractivity contribution in [1.29, 1.82) is 0 Å². The first-order valence-corrected chi connectivity index (χ1v) is 11.3. The van der Waals surface area contributed by atoms with Crippen molar-refractivity contribution in [3.8, 4) is 23.0 Å². The average Bonchev–Trinajstić information content (AvgIpc) is 3.23. The number of hydrogen-bond donors (Lipinski definition) is 3. The largest absolute Gasteiger partial charge is 0.507 e. The van der Waals surface area contributed by atoms with E-state index in [-0.39, 0.29) is 22.9 Å². The van der Waals surface area contributed by atoms with Crippen LogP contribution in [0.4, 0.5) is 5.69 Å². The summed E-state index contributed by atoms with van der Waals surface area (Å²) in [5, 5.41) is 16.1. The number of hydrogen-bond acceptors (Lipinski definition) is 6. The molecule has 174 valence electrons. The molecule has 0 atom stereocenters. The molecule has 4 aromatic rings. The van der Waals surface area contributed by atoms with E-state index in [0.29, 0.717) is 34.0 Å². The van der Waals surface area contributed by atoms with Gasteiger partial charge in [-0.1, -0.05) is 13.0 Å². The van der Waals surface area contributed by atoms with E-state index < -0.39 is 0 Å². The van der Waals surface area contributed by atoms with Gasteiger partial charge in [-0.3, -0.25) is 10.1 Å². The maximum Gasteiger partial charge on any atom is 0.257 e. The van der Waals surface area contributed by atoms with E-state index >= 15 is 0 Å². The molecule has 0 fully saturated rings. The first-order chi connectivity index (χ1) is 16.3. The van der Waals surface area contributed by atoms with Crippen molar-refractivity contribution < 1.29 is 19.1 Å². The Morgan fingerprint density at radius 3 is 2.59 bits per heavy atom. The lowest BCUT2D eigenvalue weighted by molar-refractivity contribution is 0.0977. The molecule has 0 radical (unpaired) electrons. The van der Waals surface area contributed by atoms with Crippen molar-refractivity contribution in [2.75, 3.05) is 5.32 Å². The molecule has 0 saturated carbocycles. The van der Waals surface area contributed by atoms with Gasteiger partial charge in [-0.25, -0.2) is 4.98 Å². The van der Waals surface area contributed by atoms with E-state index in [9.17, 15) is 9.90 Å². The molecule has 0 bridgehead atoms. The number of thiocarbonyl (C=S) groups is 1. The van der Waals surface area contributed by atoms with Crippen LogP contribution in [-0.2, 0) is 6.42 Å². The van der Waals surface area contributed by atoms with E-state index in [4.69, 9.17) is 21.4 Å². The Morgan fingerprint density at radius 1 is 1.12 bits per heavy atom. The second-order valence-corrected chi connectivity index (χ2v) is 8.41. The number of phenols is 1. The summed E-state index contributed by atoms with van der Waals surface area (Å²) in [5.41, 5.74) is 3.93. The smallest absolute Gasteiger partial charge is 0.257 e. The molecule has 3 aromatic carbocycles. The third-order valence-electron chi connectivity index (χ3n) is 5.06. The van der Waals surface area contributed by atoms with Crippen LogP contribution in [0.1, 0.15) is 36.7 Å². The molecule has 0 aliphatic carbocycles. The number of aryl methyl sites for hydroxylation is 1. The minimum absolute atomic E-state index is 0.0199. The van der Waals surface area contributed by atoms with Crippen molar-refractivity contribution in [1.82, 2.24) is 10.3 Å². The molecule has 0 spiro atoms. The fourth-order valence-corrected chi connectivity index (χ4v) is 3.60. The van der Waals surface area contributed by atoms with Crippen LogP contribution in [0.25, 0.3) is 22.6 Å². The van der Waals surface area contributed by atoms with Crippen LogP contribution in [0.2, 0.25) is 0 Å². The van der Waals surface area contributed by atoms with Crippen molar-refractivity contribution in [3.63, 3.8) is 0 Å². The lowest BCUT2D eigenvalue weighted by atomic mass is 10.1. The second-order valence-electron chi connectivity index (χ2n) is 8.01. The van der Waals surface area contributed by atoms with Gasteiger partial charge in [-0.05, 0) is 92.6 Å². The minimum atomic E-state index is -0.349. The first kappa shape index (κ1) is 23.3. The Bertz CT molecular complexity index is 1350. The Kier molecular flexibility index (Phi) is 6.79. The zero-order chi connectivity index (χ0) is 24.2. The number of benzene rings is 3. The van der Waals surface area contributed by atoms with E-state index in [2.05, 4.69) is 22.5 Å². The third-order valence-corrected chi connectivity index (χ3v) is 5.26. The number of carbonyl (C=O) groups is 1. The van der Waals surface area contributed by atoms with Gasteiger partial charge < -0.3 is 19.6 Å². The van der Waals surface area contributed by atoms with E-state index in [0.717, 1.165) is 17.5 Å². The molecule has 0 aliphatic heterocycles. The number of aromatic hydroxyl groups is 1. The summed E-state index contributed by atoms with van der Waals surface area (Å²) in [7, 11) is 0. The Labute approximate surface area is 202 Å². The van der Waals surface area contributed by atoms with Gasteiger partial charge in [0.1, 0.15) is 17.0 Å². The van der Waals surface area contributed by atoms with E-state index in [1.54, 1.807) is 36.4 Å². The molecule has 1 heterocycles. The summed E-state index contributed by atoms with van der Waals surface area (Å²) in [6, 6.07) is 17.5. The van der Waals surface area contributed by atoms with Gasteiger partial charge in [0.05, 0.1) is 11.7 Å². The summed E-state index contributed by atoms with van der Waals surface area (Å²) in [6.45, 7) is 5.94. The highest BCUT2D eigenvalue weighted by Gasteiger charge is 2.15. The standard InChI is InChI=1S/C26H25N3O4S/c1-4-16-5-12-23-21(13-16)28-25(33-23)20-14-18(8-11-22(20)30)27-26(34)29-24(31)17-6-9-19(10-7-17)32-15(2)3/h5-15,30H,4H2,1-3H3,(H2,27,29,31,34). The van der Waals surface area contributed by atoms with Crippen LogP contribution in [0, 0.1) is 0 Å². The molecule has 8 heteroatoms. The number of rotatable bonds is 6. The van der Waals surface area contributed by atoms with Crippen LogP contribution in [-0.4, -0.2) is 27.2 Å². The highest BCUT2D eigenvalue weighted by atomic mass is 32.1. The number of carbonyl (C=O) groups excluding carboxylic acids is 1. The van der Waals surface area contributed by atoms with Gasteiger partial charge in [0, 0.05) is 11.3 Å². The fourth-order valence-electron chi connectivity index (χ4n) is 3.39. The number of fused-ring (bicyclic) bond motifs is 1. The van der Waals surface area contributed by atoms with Gasteiger partial charge in [-0.2, -0.15) is 0 Å². The molecular weight excluding hydrogens is 450 g/mol. The lowest BCUT2D eigenvalue weighted by Crippen LogP contribution is -2.34. The number of ether oxygens (including phenoxy) is 1. The summed E-state index contributed by atoms with van der Waals surface area (Å²) in [4.78, 5) is 17.0. The van der Waals surface area contributed by atoms with Crippen LogP contribution in [0.15, 0.2) is 65.1 Å². The number of nitrogens with zero attached hydrogens (tertiary/aromatic N) is 1. The van der Waals surface area contributed by atoms with Crippen molar-refractivity contribution in [2.24, 2.45) is 0 Å². The van der Waals surface area contributed by atoms with Gasteiger partial charge in [0.15, 0.2) is 10.7 Å². The molecular formula is C26H25N3O4S. The molecule has 3 N–H and O–H groups in total. The van der Waals surface area contributed by atoms with E-state index in [1.807, 2.05) is 32.0 Å². The van der Waals surface area contributed by atoms with Crippen LogP contribution < -0.4 is 15.4 Å². The topological polar surface area (TPSA) is 96.6 Å². The van der Waals surface area contributed by atoms with Gasteiger partial charge >= 0.3 is 0 Å². The molecule has 4 rings (SSSR count). The summed E-state index contributed by atoms with van der Waals surface area (Å²) in [5.74, 6) is 0.654. The minimum Gasteiger partial charge on any atom is -0.507 e. The number of phenolic OH excluding ortho intramolecular Hbond substituents is 1. The van der Waals surface area contributed by atoms with Crippen LogP contribution in [0.5, 0.6) is 11.5 Å². The Balaban J connectivity index is 1.46. The number of oxazole rings is 1. The first-order valence-electron chi connectivity index (χ1n) is 10.9. The van der Waals surface area contributed by atoms with Crippen LogP contribution in [0.3, 0.4) is 0 Å². The highest BCUT2D eigenvalue weighted by Crippen LogP contribution is 2.33. The summed E-state index contributed by atoms with van der Waals surface area (Å²) in [6.07, 6.45) is 0.942. The zero-order valence-electron chi connectivity index (χ0n) is 19.1. The van der Waals surface area contributed by atoms with Crippen LogP contribution >= 0.6 is 12.2 Å². The second kappa shape index (κ2) is 9.93. The normalized spacial score (nSPS) is 10.9. The third kappa shape index (κ3) is 5.35. The van der Waals surface area contributed by atoms with Gasteiger partial charge in [0.25, 0.3) is 5.91 Å². The highest BCUT2D eigenvalue weighted by molar-refractivity contribution is 7.80. The molecule has 1 amide bonds. The molecule has 34 heavy (non-hydrogen) atoms. The van der Waals surface area contributed by atoms with Gasteiger partial charge in [0.2, 0.25) is 5.89 Å². The number of amides is 1. The molecule has 0 unspecified atom stereocenters. The van der Waals surface area contributed by atoms with Gasteiger partial charge in [-0.15, -0.1) is 0 Å². The quantitative estimate of drug-likeness (QED) is 0.244. The molecule has 0 saturated heterocycles. The fraction of sp³-hybridized carbons (Fsp3) is 0.192. The predicted molar refractivity (Wildman–Crippen MR) is 136 cm³/mol. The number of nitrogens with one attached hydrogen (secondary N) is 2.